The summed E-state index contributed by atoms with van der Waals surface area (Å²) in [7, 11) is 1.49. The zero-order chi connectivity index (χ0) is 18.9. The third-order valence-corrected chi connectivity index (χ3v) is 3.89. The number of ketones is 1. The third-order valence-electron chi connectivity index (χ3n) is 3.36. The molecule has 0 saturated heterocycles. The second-order valence-electron chi connectivity index (χ2n) is 5.22. The van der Waals surface area contributed by atoms with Crippen LogP contribution in [0.25, 0.3) is 0 Å². The first-order valence-corrected chi connectivity index (χ1v) is 8.52. The summed E-state index contributed by atoms with van der Waals surface area (Å²) in [5, 5.41) is 11.6. The monoisotopic (exact) mass is 420 g/mol. The predicted molar refractivity (Wildman–Crippen MR) is 95.5 cm³/mol. The van der Waals surface area contributed by atoms with Crippen LogP contribution in [0, 0.1) is 17.2 Å². The van der Waals surface area contributed by atoms with Crippen LogP contribution < -0.4 is 10.1 Å². The number of nitrogens with one attached hydrogen (secondary N) is 1. The number of hydrogen-bond acceptors (Lipinski definition) is 6. The van der Waals surface area contributed by atoms with E-state index in [0.717, 1.165) is 4.47 Å². The zero-order valence-electron chi connectivity index (χ0n) is 14.0. The lowest BCUT2D eigenvalue weighted by Gasteiger charge is -2.08. The maximum atomic E-state index is 12.3. The molecular weight excluding hydrogens is 404 g/mol. The van der Waals surface area contributed by atoms with Gasteiger partial charge in [-0.05, 0) is 36.4 Å². The molecule has 1 amide bonds. The molecule has 0 bridgehead atoms. The topological polar surface area (TPSA) is 102 Å². The normalized spacial score (nSPS) is 11.4. The molecular formula is C18H17BrN2O5. The molecule has 0 saturated carbocycles. The van der Waals surface area contributed by atoms with Gasteiger partial charge in [0.2, 0.25) is 11.7 Å². The van der Waals surface area contributed by atoms with Gasteiger partial charge in [0.05, 0.1) is 12.7 Å². The summed E-state index contributed by atoms with van der Waals surface area (Å²) in [5.74, 6) is -1.86. The Hall–Kier alpha value is -2.63. The molecule has 1 aromatic heterocycles. The molecule has 1 N–H and O–H groups in total. The Kier molecular flexibility index (Phi) is 7.38. The van der Waals surface area contributed by atoms with E-state index in [0.29, 0.717) is 11.5 Å². The molecule has 0 aliphatic rings. The number of benzene rings is 1. The van der Waals surface area contributed by atoms with Crippen LogP contribution in [0.2, 0.25) is 0 Å². The van der Waals surface area contributed by atoms with Crippen molar-refractivity contribution in [2.24, 2.45) is 5.92 Å². The smallest absolute Gasteiger partial charge is 0.245 e. The Morgan fingerprint density at radius 2 is 2.00 bits per heavy atom. The molecule has 1 aromatic carbocycles. The van der Waals surface area contributed by atoms with Crippen LogP contribution in [0.5, 0.6) is 5.75 Å². The van der Waals surface area contributed by atoms with E-state index in [1.807, 2.05) is 12.1 Å². The number of rotatable bonds is 9. The van der Waals surface area contributed by atoms with Crippen LogP contribution in [0.15, 0.2) is 45.3 Å². The van der Waals surface area contributed by atoms with Gasteiger partial charge in [0.1, 0.15) is 18.1 Å². The molecule has 0 radical (unpaired) electrons. The summed E-state index contributed by atoms with van der Waals surface area (Å²) in [6, 6.07) is 12.0. The summed E-state index contributed by atoms with van der Waals surface area (Å²) in [5.41, 5.74) is 0. The first-order chi connectivity index (χ1) is 12.5. The third kappa shape index (κ3) is 5.44. The van der Waals surface area contributed by atoms with Crippen LogP contribution in [0.4, 0.5) is 0 Å². The fourth-order valence-electron chi connectivity index (χ4n) is 2.03. The van der Waals surface area contributed by atoms with Crippen molar-refractivity contribution >= 4 is 27.6 Å². The van der Waals surface area contributed by atoms with E-state index in [4.69, 9.17) is 19.2 Å². The standard InChI is InChI=1S/C18H17BrN2O5/c1-24-9-8-21-18(23)15(10-20)17(22)16-7-6-14(26-16)11-25-13-4-2-12(19)3-5-13/h2-7,15H,8-9,11H2,1H3,(H,21,23). The highest BCUT2D eigenvalue weighted by atomic mass is 79.9. The summed E-state index contributed by atoms with van der Waals surface area (Å²) >= 11 is 3.33. The number of halogens is 1. The number of nitriles is 1. The van der Waals surface area contributed by atoms with E-state index in [1.54, 1.807) is 24.3 Å². The first kappa shape index (κ1) is 19.7. The summed E-state index contributed by atoms with van der Waals surface area (Å²) < 4.78 is 16.7. The second kappa shape index (κ2) is 9.75. The number of carbonyl (C=O) groups excluding carboxylic acids is 2. The van der Waals surface area contributed by atoms with Crippen molar-refractivity contribution in [1.82, 2.24) is 5.32 Å². The van der Waals surface area contributed by atoms with E-state index in [1.165, 1.54) is 13.2 Å². The van der Waals surface area contributed by atoms with E-state index in [2.05, 4.69) is 21.2 Å². The first-order valence-electron chi connectivity index (χ1n) is 7.72. The highest BCUT2D eigenvalue weighted by Gasteiger charge is 2.29. The van der Waals surface area contributed by atoms with Crippen molar-refractivity contribution in [2.45, 2.75) is 6.61 Å². The molecule has 7 nitrogen and oxygen atoms in total. The largest absolute Gasteiger partial charge is 0.486 e. The minimum Gasteiger partial charge on any atom is -0.486 e. The van der Waals surface area contributed by atoms with Crippen molar-refractivity contribution in [3.8, 4) is 11.8 Å². The average Bonchev–Trinajstić information content (AvgIpc) is 3.11. The maximum Gasteiger partial charge on any atom is 0.245 e. The molecule has 1 atom stereocenters. The van der Waals surface area contributed by atoms with E-state index >= 15 is 0 Å². The van der Waals surface area contributed by atoms with Gasteiger partial charge in [-0.1, -0.05) is 15.9 Å². The van der Waals surface area contributed by atoms with Gasteiger partial charge < -0.3 is 19.2 Å². The number of carbonyl (C=O) groups is 2. The number of amides is 1. The molecule has 0 aliphatic heterocycles. The molecule has 2 rings (SSSR count). The SMILES string of the molecule is COCCNC(=O)C(C#N)C(=O)c1ccc(COc2ccc(Br)cc2)o1. The molecule has 0 fully saturated rings. The number of methoxy groups -OCH3 is 1. The predicted octanol–water partition coefficient (Wildman–Crippen LogP) is 2.71. The Labute approximate surface area is 159 Å². The summed E-state index contributed by atoms with van der Waals surface area (Å²) in [6.07, 6.45) is 0. The minimum atomic E-state index is -1.47. The number of Topliss-reactive ketones (excluding diaryl/α,β-unsaturated/α-hetero) is 1. The fourth-order valence-corrected chi connectivity index (χ4v) is 2.29. The van der Waals surface area contributed by atoms with Gasteiger partial charge in [0.25, 0.3) is 0 Å². The molecule has 0 spiro atoms. The molecule has 1 unspecified atom stereocenters. The van der Waals surface area contributed by atoms with Crippen molar-refractivity contribution < 1.29 is 23.5 Å². The Morgan fingerprint density at radius 1 is 1.27 bits per heavy atom. The van der Waals surface area contributed by atoms with Gasteiger partial charge in [-0.15, -0.1) is 0 Å². The van der Waals surface area contributed by atoms with Crippen LogP contribution in [0.3, 0.4) is 0 Å². The molecule has 1 heterocycles. The molecule has 26 heavy (non-hydrogen) atoms. The van der Waals surface area contributed by atoms with Crippen molar-refractivity contribution in [2.75, 3.05) is 20.3 Å². The molecule has 2 aromatic rings. The number of nitrogens with zero attached hydrogens (tertiary/aromatic N) is 1. The highest BCUT2D eigenvalue weighted by molar-refractivity contribution is 9.10. The van der Waals surface area contributed by atoms with Crippen LogP contribution in [-0.2, 0) is 16.1 Å². The summed E-state index contributed by atoms with van der Waals surface area (Å²) in [6.45, 7) is 0.619. The average molecular weight is 421 g/mol. The van der Waals surface area contributed by atoms with E-state index in [9.17, 15) is 9.59 Å². The minimum absolute atomic E-state index is 0.0622. The van der Waals surface area contributed by atoms with Gasteiger partial charge in [0.15, 0.2) is 11.7 Å². The summed E-state index contributed by atoms with van der Waals surface area (Å²) in [4.78, 5) is 24.2. The Morgan fingerprint density at radius 3 is 2.65 bits per heavy atom. The van der Waals surface area contributed by atoms with Crippen LogP contribution >= 0.6 is 15.9 Å². The Bertz CT molecular complexity index is 795. The Balaban J connectivity index is 1.96. The highest BCUT2D eigenvalue weighted by Crippen LogP contribution is 2.19. The lowest BCUT2D eigenvalue weighted by molar-refractivity contribution is -0.122. The number of furan rings is 1. The second-order valence-corrected chi connectivity index (χ2v) is 6.13. The number of hydrogen-bond donors (Lipinski definition) is 1. The van der Waals surface area contributed by atoms with E-state index in [-0.39, 0.29) is 25.5 Å². The van der Waals surface area contributed by atoms with Gasteiger partial charge in [-0.2, -0.15) is 5.26 Å². The van der Waals surface area contributed by atoms with Gasteiger partial charge in [-0.25, -0.2) is 0 Å². The molecule has 136 valence electrons. The molecule has 8 heteroatoms. The van der Waals surface area contributed by atoms with Gasteiger partial charge in [0, 0.05) is 18.1 Å². The fraction of sp³-hybridized carbons (Fsp3) is 0.278. The van der Waals surface area contributed by atoms with Crippen molar-refractivity contribution in [3.63, 3.8) is 0 Å². The van der Waals surface area contributed by atoms with Crippen LogP contribution in [0.1, 0.15) is 16.3 Å². The maximum absolute atomic E-state index is 12.3. The van der Waals surface area contributed by atoms with Gasteiger partial charge in [-0.3, -0.25) is 9.59 Å². The quantitative estimate of drug-likeness (QED) is 0.380. The van der Waals surface area contributed by atoms with Gasteiger partial charge >= 0.3 is 0 Å². The van der Waals surface area contributed by atoms with Crippen molar-refractivity contribution in [3.05, 3.63) is 52.4 Å². The zero-order valence-corrected chi connectivity index (χ0v) is 15.6. The van der Waals surface area contributed by atoms with Crippen molar-refractivity contribution in [1.29, 1.82) is 5.26 Å². The lowest BCUT2D eigenvalue weighted by atomic mass is 10.0. The lowest BCUT2D eigenvalue weighted by Crippen LogP contribution is -2.36. The van der Waals surface area contributed by atoms with Crippen LogP contribution in [-0.4, -0.2) is 32.0 Å². The van der Waals surface area contributed by atoms with E-state index < -0.39 is 17.6 Å². The number of ether oxygens (including phenoxy) is 2. The molecule has 0 aliphatic carbocycles.